The number of benzene rings is 1. The van der Waals surface area contributed by atoms with Crippen molar-refractivity contribution in [1.82, 2.24) is 15.0 Å². The summed E-state index contributed by atoms with van der Waals surface area (Å²) < 4.78 is 1.96. The van der Waals surface area contributed by atoms with Gasteiger partial charge in [0, 0.05) is 6.54 Å². The molecule has 3 nitrogen and oxygen atoms in total. The van der Waals surface area contributed by atoms with Gasteiger partial charge in [-0.05, 0) is 25.0 Å². The van der Waals surface area contributed by atoms with Crippen LogP contribution in [0.4, 0.5) is 0 Å². The summed E-state index contributed by atoms with van der Waals surface area (Å²) in [5.74, 6) is 0. The molecule has 0 amide bonds. The van der Waals surface area contributed by atoms with E-state index in [4.69, 9.17) is 0 Å². The Kier molecular flexibility index (Phi) is 2.00. The van der Waals surface area contributed by atoms with E-state index in [-0.39, 0.29) is 0 Å². The van der Waals surface area contributed by atoms with Gasteiger partial charge >= 0.3 is 0 Å². The van der Waals surface area contributed by atoms with Crippen molar-refractivity contribution in [2.75, 3.05) is 0 Å². The molecule has 0 unspecified atom stereocenters. The Morgan fingerprint density at radius 1 is 1.38 bits per heavy atom. The molecule has 0 aliphatic carbocycles. The van der Waals surface area contributed by atoms with Crippen LogP contribution in [0.3, 0.4) is 0 Å². The zero-order valence-electron chi connectivity index (χ0n) is 7.99. The fourth-order valence-corrected chi connectivity index (χ4v) is 1.51. The molecule has 0 saturated carbocycles. The average Bonchev–Trinajstić information content (AvgIpc) is 2.51. The number of nitrogens with zero attached hydrogens (tertiary/aromatic N) is 3. The third-order valence-electron chi connectivity index (χ3n) is 2.18. The highest BCUT2D eigenvalue weighted by molar-refractivity contribution is 5.77. The van der Waals surface area contributed by atoms with E-state index in [1.54, 1.807) is 0 Å². The van der Waals surface area contributed by atoms with Crippen LogP contribution >= 0.6 is 0 Å². The highest BCUT2D eigenvalue weighted by Gasteiger charge is 2.04. The van der Waals surface area contributed by atoms with Crippen LogP contribution in [0.5, 0.6) is 0 Å². The molecule has 0 bridgehead atoms. The van der Waals surface area contributed by atoms with Gasteiger partial charge in [-0.25, -0.2) is 4.68 Å². The Hall–Kier alpha value is -1.38. The van der Waals surface area contributed by atoms with Gasteiger partial charge in [0.2, 0.25) is 0 Å². The molecule has 1 aromatic heterocycles. The lowest BCUT2D eigenvalue weighted by Gasteiger charge is -1.98. The molecule has 0 spiro atoms. The number of aromatic nitrogens is 3. The van der Waals surface area contributed by atoms with Crippen LogP contribution in [0.1, 0.15) is 18.9 Å². The summed E-state index contributed by atoms with van der Waals surface area (Å²) in [5, 5.41) is 8.26. The Balaban J connectivity index is 2.61. The number of aryl methyl sites for hydroxylation is 2. The first-order valence-corrected chi connectivity index (χ1v) is 4.61. The second-order valence-electron chi connectivity index (χ2n) is 3.26. The molecule has 0 radical (unpaired) electrons. The largest absolute Gasteiger partial charge is 0.245 e. The lowest BCUT2D eigenvalue weighted by Crippen LogP contribution is -1.98. The lowest BCUT2D eigenvalue weighted by atomic mass is 10.2. The van der Waals surface area contributed by atoms with E-state index in [1.807, 2.05) is 10.7 Å². The van der Waals surface area contributed by atoms with Crippen molar-refractivity contribution in [3.05, 3.63) is 23.8 Å². The molecular formula is C10H13N3. The van der Waals surface area contributed by atoms with Gasteiger partial charge < -0.3 is 0 Å². The Morgan fingerprint density at radius 2 is 2.23 bits per heavy atom. The maximum absolute atomic E-state index is 4.15. The van der Waals surface area contributed by atoms with Gasteiger partial charge in [0.25, 0.3) is 0 Å². The fourth-order valence-electron chi connectivity index (χ4n) is 1.51. The standard InChI is InChI=1S/C10H13N3/c1-3-7-13-9-6-4-5-8(2)10(9)11-12-13/h4-6H,3,7H2,1-2H3. The predicted octanol–water partition coefficient (Wildman–Crippen LogP) is 2.15. The average molecular weight is 175 g/mol. The highest BCUT2D eigenvalue weighted by Crippen LogP contribution is 2.14. The molecular weight excluding hydrogens is 162 g/mol. The van der Waals surface area contributed by atoms with Gasteiger partial charge in [-0.3, -0.25) is 0 Å². The SMILES string of the molecule is CCCn1nnc2c(C)cccc21. The summed E-state index contributed by atoms with van der Waals surface area (Å²) in [7, 11) is 0. The van der Waals surface area contributed by atoms with Crippen LogP contribution in [0.2, 0.25) is 0 Å². The minimum absolute atomic E-state index is 0.944. The molecule has 0 aliphatic heterocycles. The Bertz CT molecular complexity index is 417. The normalized spacial score (nSPS) is 10.9. The molecule has 0 atom stereocenters. The molecule has 3 heteroatoms. The van der Waals surface area contributed by atoms with Gasteiger partial charge in [0.1, 0.15) is 5.52 Å². The van der Waals surface area contributed by atoms with E-state index < -0.39 is 0 Å². The van der Waals surface area contributed by atoms with Gasteiger partial charge in [-0.2, -0.15) is 0 Å². The molecule has 0 fully saturated rings. The monoisotopic (exact) mass is 175 g/mol. The van der Waals surface area contributed by atoms with Crippen molar-refractivity contribution in [3.63, 3.8) is 0 Å². The topological polar surface area (TPSA) is 30.7 Å². The summed E-state index contributed by atoms with van der Waals surface area (Å²) in [6.07, 6.45) is 1.09. The van der Waals surface area contributed by atoms with Gasteiger partial charge in [0.05, 0.1) is 5.52 Å². The number of fused-ring (bicyclic) bond motifs is 1. The van der Waals surface area contributed by atoms with E-state index in [0.29, 0.717) is 0 Å². The molecule has 13 heavy (non-hydrogen) atoms. The second kappa shape index (κ2) is 3.17. The lowest BCUT2D eigenvalue weighted by molar-refractivity contribution is 0.596. The van der Waals surface area contributed by atoms with E-state index >= 15 is 0 Å². The quantitative estimate of drug-likeness (QED) is 0.700. The molecule has 0 aliphatic rings. The number of rotatable bonds is 2. The van der Waals surface area contributed by atoms with E-state index in [2.05, 4.69) is 36.3 Å². The molecule has 2 aromatic rings. The van der Waals surface area contributed by atoms with Crippen molar-refractivity contribution in [2.24, 2.45) is 0 Å². The fraction of sp³-hybridized carbons (Fsp3) is 0.400. The maximum Gasteiger partial charge on any atom is 0.116 e. The molecule has 0 N–H and O–H groups in total. The number of hydrogen-bond acceptors (Lipinski definition) is 2. The van der Waals surface area contributed by atoms with Crippen molar-refractivity contribution in [1.29, 1.82) is 0 Å². The molecule has 1 aromatic carbocycles. The van der Waals surface area contributed by atoms with Crippen LogP contribution in [0.15, 0.2) is 18.2 Å². The molecule has 68 valence electrons. The van der Waals surface area contributed by atoms with Crippen molar-refractivity contribution < 1.29 is 0 Å². The Morgan fingerprint density at radius 3 is 3.00 bits per heavy atom. The van der Waals surface area contributed by atoms with Crippen LogP contribution in [-0.4, -0.2) is 15.0 Å². The van der Waals surface area contributed by atoms with Gasteiger partial charge in [0.15, 0.2) is 0 Å². The third-order valence-corrected chi connectivity index (χ3v) is 2.18. The van der Waals surface area contributed by atoms with Gasteiger partial charge in [-0.15, -0.1) is 5.10 Å². The summed E-state index contributed by atoms with van der Waals surface area (Å²) in [6, 6.07) is 6.18. The first kappa shape index (κ1) is 8.23. The zero-order chi connectivity index (χ0) is 9.26. The van der Waals surface area contributed by atoms with Crippen LogP contribution in [-0.2, 0) is 6.54 Å². The second-order valence-corrected chi connectivity index (χ2v) is 3.26. The number of hydrogen-bond donors (Lipinski definition) is 0. The first-order chi connectivity index (χ1) is 6.33. The zero-order valence-corrected chi connectivity index (χ0v) is 7.99. The minimum atomic E-state index is 0.944. The summed E-state index contributed by atoms with van der Waals surface area (Å²) in [4.78, 5) is 0. The van der Waals surface area contributed by atoms with Gasteiger partial charge in [-0.1, -0.05) is 24.3 Å². The Labute approximate surface area is 77.4 Å². The van der Waals surface area contributed by atoms with Crippen LogP contribution in [0.25, 0.3) is 11.0 Å². The van der Waals surface area contributed by atoms with E-state index in [9.17, 15) is 0 Å². The van der Waals surface area contributed by atoms with Crippen LogP contribution < -0.4 is 0 Å². The minimum Gasteiger partial charge on any atom is -0.245 e. The summed E-state index contributed by atoms with van der Waals surface area (Å²) >= 11 is 0. The van der Waals surface area contributed by atoms with E-state index in [1.165, 1.54) is 5.56 Å². The van der Waals surface area contributed by atoms with E-state index in [0.717, 1.165) is 24.0 Å². The molecule has 1 heterocycles. The first-order valence-electron chi connectivity index (χ1n) is 4.61. The van der Waals surface area contributed by atoms with Crippen LogP contribution in [0, 0.1) is 6.92 Å². The maximum atomic E-state index is 4.15. The predicted molar refractivity (Wildman–Crippen MR) is 52.6 cm³/mol. The summed E-state index contributed by atoms with van der Waals surface area (Å²) in [5.41, 5.74) is 3.36. The smallest absolute Gasteiger partial charge is 0.116 e. The third kappa shape index (κ3) is 1.30. The molecule has 2 rings (SSSR count). The van der Waals surface area contributed by atoms with Crippen molar-refractivity contribution in [3.8, 4) is 0 Å². The summed E-state index contributed by atoms with van der Waals surface area (Å²) in [6.45, 7) is 5.15. The highest BCUT2D eigenvalue weighted by atomic mass is 15.4. The van der Waals surface area contributed by atoms with Crippen molar-refractivity contribution in [2.45, 2.75) is 26.8 Å². The molecule has 0 saturated heterocycles. The van der Waals surface area contributed by atoms with Crippen molar-refractivity contribution >= 4 is 11.0 Å².